The second-order valence-corrected chi connectivity index (χ2v) is 6.43. The summed E-state index contributed by atoms with van der Waals surface area (Å²) >= 11 is 6.04. The number of carbonyl (C=O) groups excluding carboxylic acids is 1. The van der Waals surface area contributed by atoms with Gasteiger partial charge in [-0.05, 0) is 36.2 Å². The number of nitrogens with one attached hydrogen (secondary N) is 1. The Kier molecular flexibility index (Phi) is 5.23. The van der Waals surface area contributed by atoms with Crippen molar-refractivity contribution < 1.29 is 9.53 Å². The average molecular weight is 371 g/mol. The standard InChI is InChI=1S/C19H19ClN4O2/c1-12(2)18-14(11-22-24(18)17-6-4-5-9-21-17)19(25)23-15-10-13(20)7-8-16(15)26-3/h4-12H,1-3H3,(H,23,25). The number of methoxy groups -OCH3 is 1. The van der Waals surface area contributed by atoms with Crippen molar-refractivity contribution >= 4 is 23.2 Å². The van der Waals surface area contributed by atoms with Crippen LogP contribution >= 0.6 is 11.6 Å². The molecule has 0 saturated carbocycles. The molecule has 2 heterocycles. The van der Waals surface area contributed by atoms with Crippen LogP contribution in [0.15, 0.2) is 48.8 Å². The Morgan fingerprint density at radius 1 is 1.27 bits per heavy atom. The number of ether oxygens (including phenoxy) is 1. The minimum atomic E-state index is -0.281. The fourth-order valence-corrected chi connectivity index (χ4v) is 2.89. The van der Waals surface area contributed by atoms with Crippen LogP contribution in [0.3, 0.4) is 0 Å². The summed E-state index contributed by atoms with van der Waals surface area (Å²) in [5, 5.41) is 7.73. The largest absolute Gasteiger partial charge is 0.495 e. The number of halogens is 1. The fourth-order valence-electron chi connectivity index (χ4n) is 2.72. The monoisotopic (exact) mass is 370 g/mol. The zero-order valence-corrected chi connectivity index (χ0v) is 15.5. The number of pyridine rings is 1. The molecule has 1 N–H and O–H groups in total. The van der Waals surface area contributed by atoms with Gasteiger partial charge in [-0.2, -0.15) is 5.10 Å². The number of rotatable bonds is 5. The molecule has 0 bridgehead atoms. The van der Waals surface area contributed by atoms with Crippen molar-refractivity contribution in [1.82, 2.24) is 14.8 Å². The van der Waals surface area contributed by atoms with Gasteiger partial charge in [0.2, 0.25) is 0 Å². The number of carbonyl (C=O) groups is 1. The zero-order valence-electron chi connectivity index (χ0n) is 14.7. The first-order valence-corrected chi connectivity index (χ1v) is 8.53. The molecule has 0 atom stereocenters. The lowest BCUT2D eigenvalue weighted by atomic mass is 10.1. The zero-order chi connectivity index (χ0) is 18.7. The maximum absolute atomic E-state index is 12.9. The van der Waals surface area contributed by atoms with Crippen molar-refractivity contribution in [2.75, 3.05) is 12.4 Å². The molecule has 0 aliphatic rings. The van der Waals surface area contributed by atoms with Crippen molar-refractivity contribution in [2.45, 2.75) is 19.8 Å². The van der Waals surface area contributed by atoms with E-state index >= 15 is 0 Å². The normalized spacial score (nSPS) is 10.8. The molecule has 3 rings (SSSR count). The second kappa shape index (κ2) is 7.58. The molecule has 0 aliphatic carbocycles. The number of hydrogen-bond acceptors (Lipinski definition) is 4. The van der Waals surface area contributed by atoms with Gasteiger partial charge in [-0.3, -0.25) is 4.79 Å². The molecule has 26 heavy (non-hydrogen) atoms. The van der Waals surface area contributed by atoms with Crippen molar-refractivity contribution in [2.24, 2.45) is 0 Å². The van der Waals surface area contributed by atoms with E-state index in [1.807, 2.05) is 32.0 Å². The summed E-state index contributed by atoms with van der Waals surface area (Å²) < 4.78 is 6.97. The van der Waals surface area contributed by atoms with Gasteiger partial charge in [-0.15, -0.1) is 0 Å². The first kappa shape index (κ1) is 17.9. The van der Waals surface area contributed by atoms with Crippen LogP contribution < -0.4 is 10.1 Å². The van der Waals surface area contributed by atoms with Crippen LogP contribution in [0, 0.1) is 0 Å². The minimum Gasteiger partial charge on any atom is -0.495 e. The average Bonchev–Trinajstić information content (AvgIpc) is 3.08. The van der Waals surface area contributed by atoms with E-state index in [9.17, 15) is 4.79 Å². The third kappa shape index (κ3) is 3.55. The van der Waals surface area contributed by atoms with Crippen LogP contribution in [-0.4, -0.2) is 27.8 Å². The van der Waals surface area contributed by atoms with Gasteiger partial charge in [0.05, 0.1) is 30.3 Å². The molecule has 6 nitrogen and oxygen atoms in total. The molecule has 0 aliphatic heterocycles. The lowest BCUT2D eigenvalue weighted by Gasteiger charge is -2.13. The molecule has 0 fully saturated rings. The number of aromatic nitrogens is 3. The summed E-state index contributed by atoms with van der Waals surface area (Å²) in [5.74, 6) is 0.986. The van der Waals surface area contributed by atoms with Gasteiger partial charge in [-0.25, -0.2) is 9.67 Å². The lowest BCUT2D eigenvalue weighted by molar-refractivity contribution is 0.102. The summed E-state index contributed by atoms with van der Waals surface area (Å²) in [4.78, 5) is 17.2. The summed E-state index contributed by atoms with van der Waals surface area (Å²) in [6.07, 6.45) is 3.24. The Morgan fingerprint density at radius 3 is 2.73 bits per heavy atom. The molecule has 0 spiro atoms. The Labute approximate surface area is 156 Å². The summed E-state index contributed by atoms with van der Waals surface area (Å²) in [7, 11) is 1.54. The molecule has 134 valence electrons. The minimum absolute atomic E-state index is 0.0708. The molecule has 7 heteroatoms. The molecule has 0 saturated heterocycles. The highest BCUT2D eigenvalue weighted by Crippen LogP contribution is 2.29. The van der Waals surface area contributed by atoms with Crippen LogP contribution in [0.5, 0.6) is 5.75 Å². The summed E-state index contributed by atoms with van der Waals surface area (Å²) in [5.41, 5.74) is 1.76. The Morgan fingerprint density at radius 2 is 2.08 bits per heavy atom. The van der Waals surface area contributed by atoms with Crippen molar-refractivity contribution in [1.29, 1.82) is 0 Å². The van der Waals surface area contributed by atoms with E-state index in [2.05, 4.69) is 15.4 Å². The highest BCUT2D eigenvalue weighted by atomic mass is 35.5. The molecule has 3 aromatic rings. The smallest absolute Gasteiger partial charge is 0.259 e. The van der Waals surface area contributed by atoms with Gasteiger partial charge in [-0.1, -0.05) is 31.5 Å². The number of hydrogen-bond donors (Lipinski definition) is 1. The molecule has 2 aromatic heterocycles. The molecule has 1 amide bonds. The van der Waals surface area contributed by atoms with E-state index in [0.29, 0.717) is 27.8 Å². The summed E-state index contributed by atoms with van der Waals surface area (Å²) in [6.45, 7) is 4.01. The fraction of sp³-hybridized carbons (Fsp3) is 0.211. The van der Waals surface area contributed by atoms with E-state index in [1.165, 1.54) is 7.11 Å². The van der Waals surface area contributed by atoms with E-state index in [0.717, 1.165) is 5.69 Å². The Balaban J connectivity index is 1.98. The first-order chi connectivity index (χ1) is 12.5. The van der Waals surface area contributed by atoms with Gasteiger partial charge in [0.1, 0.15) is 5.75 Å². The van der Waals surface area contributed by atoms with E-state index in [4.69, 9.17) is 16.3 Å². The highest BCUT2D eigenvalue weighted by molar-refractivity contribution is 6.31. The van der Waals surface area contributed by atoms with Gasteiger partial charge < -0.3 is 10.1 Å². The van der Waals surface area contributed by atoms with Gasteiger partial charge in [0, 0.05) is 11.2 Å². The van der Waals surface area contributed by atoms with E-state index in [-0.39, 0.29) is 11.8 Å². The highest BCUT2D eigenvalue weighted by Gasteiger charge is 2.22. The quantitative estimate of drug-likeness (QED) is 0.726. The predicted octanol–water partition coefficient (Wildman–Crippen LogP) is 4.31. The maximum atomic E-state index is 12.9. The second-order valence-electron chi connectivity index (χ2n) is 6.00. The van der Waals surface area contributed by atoms with Gasteiger partial charge in [0.25, 0.3) is 5.91 Å². The van der Waals surface area contributed by atoms with E-state index < -0.39 is 0 Å². The Hall–Kier alpha value is -2.86. The van der Waals surface area contributed by atoms with Crippen molar-refractivity contribution in [3.63, 3.8) is 0 Å². The van der Waals surface area contributed by atoms with Crippen molar-refractivity contribution in [3.8, 4) is 11.6 Å². The van der Waals surface area contributed by atoms with E-state index in [1.54, 1.807) is 35.3 Å². The molecule has 0 radical (unpaired) electrons. The number of benzene rings is 1. The number of amides is 1. The topological polar surface area (TPSA) is 69.0 Å². The third-order valence-corrected chi connectivity index (χ3v) is 4.11. The summed E-state index contributed by atoms with van der Waals surface area (Å²) in [6, 6.07) is 10.6. The maximum Gasteiger partial charge on any atom is 0.259 e. The van der Waals surface area contributed by atoms with Crippen LogP contribution in [0.1, 0.15) is 35.8 Å². The number of nitrogens with zero attached hydrogens (tertiary/aromatic N) is 3. The molecular weight excluding hydrogens is 352 g/mol. The van der Waals surface area contributed by atoms with Crippen molar-refractivity contribution in [3.05, 3.63) is 65.1 Å². The predicted molar refractivity (Wildman–Crippen MR) is 101 cm³/mol. The Bertz CT molecular complexity index is 923. The van der Waals surface area contributed by atoms with Gasteiger partial charge >= 0.3 is 0 Å². The lowest BCUT2D eigenvalue weighted by Crippen LogP contribution is -2.16. The molecular formula is C19H19ClN4O2. The molecule has 1 aromatic carbocycles. The van der Waals surface area contributed by atoms with Crippen LogP contribution in [0.25, 0.3) is 5.82 Å². The third-order valence-electron chi connectivity index (χ3n) is 3.87. The van der Waals surface area contributed by atoms with Crippen LogP contribution in [0.2, 0.25) is 5.02 Å². The van der Waals surface area contributed by atoms with Crippen LogP contribution in [-0.2, 0) is 0 Å². The van der Waals surface area contributed by atoms with Crippen LogP contribution in [0.4, 0.5) is 5.69 Å². The van der Waals surface area contributed by atoms with Gasteiger partial charge in [0.15, 0.2) is 5.82 Å². The SMILES string of the molecule is COc1ccc(Cl)cc1NC(=O)c1cnn(-c2ccccn2)c1C(C)C. The number of anilines is 1. The molecule has 0 unspecified atom stereocenters. The first-order valence-electron chi connectivity index (χ1n) is 8.15.